The number of aromatic nitrogens is 1. The molecule has 0 spiro atoms. The average Bonchev–Trinajstić information content (AvgIpc) is 2.48. The minimum atomic E-state index is -0.261. The summed E-state index contributed by atoms with van der Waals surface area (Å²) < 4.78 is 13.0. The fourth-order valence-corrected chi connectivity index (χ4v) is 2.00. The Kier molecular flexibility index (Phi) is 5.26. The van der Waals surface area contributed by atoms with E-state index in [1.54, 1.807) is 18.5 Å². The number of hydrogen-bond donors (Lipinski definition) is 2. The molecule has 5 heteroatoms. The van der Waals surface area contributed by atoms with Crippen LogP contribution in [-0.4, -0.2) is 17.6 Å². The van der Waals surface area contributed by atoms with Crippen LogP contribution in [0.25, 0.3) is 0 Å². The maximum Gasteiger partial charge on any atom is 0.315 e. The SMILES string of the molecule is CC(NC(=O)NCCc1cccc(F)c1)c1ccncc1. The number of carbonyl (C=O) groups excluding carboxylic acids is 1. The second kappa shape index (κ2) is 7.38. The molecule has 4 nitrogen and oxygen atoms in total. The number of nitrogens with one attached hydrogen (secondary N) is 2. The highest BCUT2D eigenvalue weighted by Gasteiger charge is 2.08. The molecule has 0 fully saturated rings. The van der Waals surface area contributed by atoms with Gasteiger partial charge in [0.05, 0.1) is 6.04 Å². The number of carbonyl (C=O) groups is 1. The van der Waals surface area contributed by atoms with Gasteiger partial charge < -0.3 is 10.6 Å². The maximum atomic E-state index is 13.0. The van der Waals surface area contributed by atoms with Crippen LogP contribution in [-0.2, 0) is 6.42 Å². The van der Waals surface area contributed by atoms with Gasteiger partial charge >= 0.3 is 6.03 Å². The molecule has 0 aliphatic carbocycles. The van der Waals surface area contributed by atoms with Crippen LogP contribution in [0.4, 0.5) is 9.18 Å². The highest BCUT2D eigenvalue weighted by Crippen LogP contribution is 2.09. The highest BCUT2D eigenvalue weighted by molar-refractivity contribution is 5.74. The lowest BCUT2D eigenvalue weighted by Gasteiger charge is -2.14. The highest BCUT2D eigenvalue weighted by atomic mass is 19.1. The first kappa shape index (κ1) is 15.0. The van der Waals surface area contributed by atoms with Crippen LogP contribution in [0.2, 0.25) is 0 Å². The normalized spacial score (nSPS) is 11.7. The minimum absolute atomic E-state index is 0.0952. The van der Waals surface area contributed by atoms with Crippen LogP contribution in [0.5, 0.6) is 0 Å². The molecule has 110 valence electrons. The Morgan fingerprint density at radius 1 is 1.29 bits per heavy atom. The molecule has 0 aliphatic rings. The molecule has 0 radical (unpaired) electrons. The summed E-state index contributed by atoms with van der Waals surface area (Å²) in [6.07, 6.45) is 3.97. The van der Waals surface area contributed by atoms with Crippen LogP contribution in [0.15, 0.2) is 48.8 Å². The number of pyridine rings is 1. The van der Waals surface area contributed by atoms with Gasteiger partial charge in [-0.3, -0.25) is 4.98 Å². The van der Waals surface area contributed by atoms with Crippen molar-refractivity contribution in [1.82, 2.24) is 15.6 Å². The zero-order valence-corrected chi connectivity index (χ0v) is 11.8. The zero-order valence-electron chi connectivity index (χ0n) is 11.8. The second-order valence-corrected chi connectivity index (χ2v) is 4.78. The van der Waals surface area contributed by atoms with Gasteiger partial charge in [0.15, 0.2) is 0 Å². The van der Waals surface area contributed by atoms with Crippen molar-refractivity contribution in [2.24, 2.45) is 0 Å². The van der Waals surface area contributed by atoms with Crippen molar-refractivity contribution in [1.29, 1.82) is 0 Å². The molecular weight excluding hydrogens is 269 g/mol. The number of nitrogens with zero attached hydrogens (tertiary/aromatic N) is 1. The quantitative estimate of drug-likeness (QED) is 0.888. The number of benzene rings is 1. The van der Waals surface area contributed by atoms with Crippen molar-refractivity contribution in [2.45, 2.75) is 19.4 Å². The molecule has 2 N–H and O–H groups in total. The topological polar surface area (TPSA) is 54.0 Å². The monoisotopic (exact) mass is 287 g/mol. The Morgan fingerprint density at radius 3 is 2.76 bits per heavy atom. The predicted octanol–water partition coefficient (Wildman–Crippen LogP) is 2.82. The lowest BCUT2D eigenvalue weighted by Crippen LogP contribution is -2.38. The Labute approximate surface area is 123 Å². The van der Waals surface area contributed by atoms with Crippen LogP contribution < -0.4 is 10.6 Å². The van der Waals surface area contributed by atoms with Gasteiger partial charge in [0, 0.05) is 18.9 Å². The third-order valence-electron chi connectivity index (χ3n) is 3.14. The predicted molar refractivity (Wildman–Crippen MR) is 79.3 cm³/mol. The van der Waals surface area contributed by atoms with E-state index in [1.807, 2.05) is 25.1 Å². The van der Waals surface area contributed by atoms with Gasteiger partial charge in [-0.15, -0.1) is 0 Å². The van der Waals surface area contributed by atoms with Crippen LogP contribution in [0, 0.1) is 5.82 Å². The van der Waals surface area contributed by atoms with Gasteiger partial charge in [-0.1, -0.05) is 12.1 Å². The molecule has 1 aromatic heterocycles. The lowest BCUT2D eigenvalue weighted by molar-refractivity contribution is 0.238. The van der Waals surface area contributed by atoms with Gasteiger partial charge in [-0.05, 0) is 48.7 Å². The molecular formula is C16H18FN3O. The van der Waals surface area contributed by atoms with E-state index >= 15 is 0 Å². The summed E-state index contributed by atoms with van der Waals surface area (Å²) in [6, 6.07) is 9.76. The Bertz CT molecular complexity index is 589. The summed E-state index contributed by atoms with van der Waals surface area (Å²) in [5.74, 6) is -0.261. The zero-order chi connectivity index (χ0) is 15.1. The van der Waals surface area contributed by atoms with E-state index in [-0.39, 0.29) is 17.9 Å². The summed E-state index contributed by atoms with van der Waals surface area (Å²) in [5.41, 5.74) is 1.85. The van der Waals surface area contributed by atoms with Crippen molar-refractivity contribution in [3.63, 3.8) is 0 Å². The molecule has 0 aliphatic heterocycles. The summed E-state index contributed by atoms with van der Waals surface area (Å²) in [4.78, 5) is 15.7. The Morgan fingerprint density at radius 2 is 2.05 bits per heavy atom. The molecule has 1 atom stereocenters. The molecule has 0 bridgehead atoms. The van der Waals surface area contributed by atoms with Crippen LogP contribution in [0.3, 0.4) is 0 Å². The summed E-state index contributed by atoms with van der Waals surface area (Å²) >= 11 is 0. The smallest absolute Gasteiger partial charge is 0.315 e. The number of amides is 2. The van der Waals surface area contributed by atoms with Crippen LogP contribution in [0.1, 0.15) is 24.1 Å². The number of halogens is 1. The minimum Gasteiger partial charge on any atom is -0.338 e. The summed E-state index contributed by atoms with van der Waals surface area (Å²) in [7, 11) is 0. The van der Waals surface area contributed by atoms with Gasteiger partial charge in [0.1, 0.15) is 5.82 Å². The fraction of sp³-hybridized carbons (Fsp3) is 0.250. The first-order valence-corrected chi connectivity index (χ1v) is 6.84. The van der Waals surface area contributed by atoms with E-state index in [2.05, 4.69) is 15.6 Å². The van der Waals surface area contributed by atoms with E-state index in [0.717, 1.165) is 11.1 Å². The van der Waals surface area contributed by atoms with Crippen molar-refractivity contribution < 1.29 is 9.18 Å². The Balaban J connectivity index is 1.75. The van der Waals surface area contributed by atoms with Gasteiger partial charge in [-0.2, -0.15) is 0 Å². The van der Waals surface area contributed by atoms with Crippen molar-refractivity contribution in [3.05, 3.63) is 65.7 Å². The first-order valence-electron chi connectivity index (χ1n) is 6.84. The molecule has 2 amide bonds. The van der Waals surface area contributed by atoms with Gasteiger partial charge in [0.2, 0.25) is 0 Å². The van der Waals surface area contributed by atoms with Crippen molar-refractivity contribution in [2.75, 3.05) is 6.54 Å². The van der Waals surface area contributed by atoms with Crippen molar-refractivity contribution in [3.8, 4) is 0 Å². The Hall–Kier alpha value is -2.43. The molecule has 0 saturated carbocycles. The fourth-order valence-electron chi connectivity index (χ4n) is 2.00. The second-order valence-electron chi connectivity index (χ2n) is 4.78. The van der Waals surface area contributed by atoms with E-state index in [0.29, 0.717) is 13.0 Å². The number of rotatable bonds is 5. The standard InChI is InChI=1S/C16H18FN3O/c1-12(14-6-8-18-9-7-14)20-16(21)19-10-5-13-3-2-4-15(17)11-13/h2-4,6-9,11-12H,5,10H2,1H3,(H2,19,20,21). The maximum absolute atomic E-state index is 13.0. The van der Waals surface area contributed by atoms with E-state index in [4.69, 9.17) is 0 Å². The van der Waals surface area contributed by atoms with E-state index < -0.39 is 0 Å². The number of hydrogen-bond acceptors (Lipinski definition) is 2. The molecule has 0 saturated heterocycles. The van der Waals surface area contributed by atoms with E-state index in [1.165, 1.54) is 12.1 Å². The number of urea groups is 1. The molecule has 1 heterocycles. The van der Waals surface area contributed by atoms with Gasteiger partial charge in [-0.25, -0.2) is 9.18 Å². The largest absolute Gasteiger partial charge is 0.338 e. The average molecular weight is 287 g/mol. The molecule has 2 aromatic rings. The van der Waals surface area contributed by atoms with Gasteiger partial charge in [0.25, 0.3) is 0 Å². The molecule has 21 heavy (non-hydrogen) atoms. The molecule has 1 unspecified atom stereocenters. The first-order chi connectivity index (χ1) is 10.1. The lowest BCUT2D eigenvalue weighted by atomic mass is 10.1. The van der Waals surface area contributed by atoms with Crippen molar-refractivity contribution >= 4 is 6.03 Å². The molecule has 2 rings (SSSR count). The third kappa shape index (κ3) is 4.87. The third-order valence-corrected chi connectivity index (χ3v) is 3.14. The summed E-state index contributed by atoms with van der Waals surface area (Å²) in [6.45, 7) is 2.36. The molecule has 1 aromatic carbocycles. The van der Waals surface area contributed by atoms with Crippen LogP contribution >= 0.6 is 0 Å². The van der Waals surface area contributed by atoms with E-state index in [9.17, 15) is 9.18 Å². The summed E-state index contributed by atoms with van der Waals surface area (Å²) in [5, 5.41) is 5.61.